The molecule has 0 amide bonds. The van der Waals surface area contributed by atoms with E-state index in [0.717, 1.165) is 22.8 Å². The van der Waals surface area contributed by atoms with E-state index in [4.69, 9.17) is 4.74 Å². The quantitative estimate of drug-likeness (QED) is 0.793. The first-order valence-corrected chi connectivity index (χ1v) is 8.81. The molecular weight excluding hydrogens is 373 g/mol. The monoisotopic (exact) mass is 386 g/mol. The Hall–Kier alpha value is -2.62. The van der Waals surface area contributed by atoms with Crippen LogP contribution in [0.4, 0.5) is 13.2 Å². The van der Waals surface area contributed by atoms with Crippen molar-refractivity contribution >= 4 is 15.5 Å². The Balaban J connectivity index is 2.27. The fourth-order valence-electron chi connectivity index (χ4n) is 2.55. The first-order chi connectivity index (χ1) is 11.9. The van der Waals surface area contributed by atoms with Gasteiger partial charge in [0.05, 0.1) is 10.6 Å². The van der Waals surface area contributed by atoms with Crippen LogP contribution >= 0.6 is 0 Å². The summed E-state index contributed by atoms with van der Waals surface area (Å²) in [6, 6.07) is 3.99. The molecule has 1 aliphatic rings. The zero-order valence-electron chi connectivity index (χ0n) is 13.6. The Morgan fingerprint density at radius 1 is 1.19 bits per heavy atom. The second-order valence-corrected chi connectivity index (χ2v) is 8.07. The van der Waals surface area contributed by atoms with Gasteiger partial charge in [-0.2, -0.15) is 13.2 Å². The topological polar surface area (TPSA) is 78.3 Å². The van der Waals surface area contributed by atoms with Crippen LogP contribution in [0.5, 0.6) is 5.75 Å². The van der Waals surface area contributed by atoms with E-state index >= 15 is 0 Å². The summed E-state index contributed by atoms with van der Waals surface area (Å²) in [5, 5.41) is 0. The van der Waals surface area contributed by atoms with Crippen LogP contribution in [0.25, 0.3) is 5.70 Å². The molecule has 0 bridgehead atoms. The van der Waals surface area contributed by atoms with Gasteiger partial charge in [0, 0.05) is 17.8 Å². The Kier molecular flexibility index (Phi) is 3.98. The zero-order chi connectivity index (χ0) is 19.3. The lowest BCUT2D eigenvalue weighted by atomic mass is 9.99. The predicted molar refractivity (Wildman–Crippen MR) is 86.3 cm³/mol. The highest BCUT2D eigenvalue weighted by atomic mass is 32.2. The smallest absolute Gasteiger partial charge is 0.483 e. The van der Waals surface area contributed by atoms with Crippen molar-refractivity contribution in [2.75, 3.05) is 0 Å². The summed E-state index contributed by atoms with van der Waals surface area (Å²) in [7, 11) is -5.54. The molecule has 0 unspecified atom stereocenters. The summed E-state index contributed by atoms with van der Waals surface area (Å²) >= 11 is 0. The van der Waals surface area contributed by atoms with Crippen molar-refractivity contribution in [3.8, 4) is 5.75 Å². The minimum absolute atomic E-state index is 0.0461. The molecule has 3 rings (SSSR count). The van der Waals surface area contributed by atoms with E-state index in [0.29, 0.717) is 0 Å². The van der Waals surface area contributed by atoms with E-state index < -0.39 is 31.4 Å². The summed E-state index contributed by atoms with van der Waals surface area (Å²) in [6.45, 7) is 3.38. The minimum atomic E-state index is -5.54. The molecule has 6 nitrogen and oxygen atoms in total. The first kappa shape index (κ1) is 18.2. The SMILES string of the molecule is CC1(C)C=C(n2cnccc2=O)c2cc(S(=O)(=O)C(F)(F)F)ccc2O1. The Bertz CT molecular complexity index is 1070. The number of halogens is 3. The van der Waals surface area contributed by atoms with Crippen molar-refractivity contribution in [3.05, 3.63) is 58.8 Å². The van der Waals surface area contributed by atoms with Crippen molar-refractivity contribution in [2.24, 2.45) is 0 Å². The Morgan fingerprint density at radius 3 is 2.50 bits per heavy atom. The lowest BCUT2D eigenvalue weighted by Gasteiger charge is -2.31. The van der Waals surface area contributed by atoms with Gasteiger partial charge >= 0.3 is 5.51 Å². The van der Waals surface area contributed by atoms with Crippen LogP contribution in [0.1, 0.15) is 19.4 Å². The molecule has 138 valence electrons. The van der Waals surface area contributed by atoms with E-state index in [1.54, 1.807) is 13.8 Å². The van der Waals surface area contributed by atoms with E-state index in [1.165, 1.54) is 24.7 Å². The molecule has 0 aliphatic carbocycles. The van der Waals surface area contributed by atoms with Gasteiger partial charge in [-0.3, -0.25) is 9.36 Å². The van der Waals surface area contributed by atoms with Crippen LogP contribution in [0.3, 0.4) is 0 Å². The van der Waals surface area contributed by atoms with Crippen molar-refractivity contribution in [1.29, 1.82) is 0 Å². The molecule has 1 aliphatic heterocycles. The molecule has 0 saturated carbocycles. The zero-order valence-corrected chi connectivity index (χ0v) is 14.4. The van der Waals surface area contributed by atoms with Crippen LogP contribution in [0.2, 0.25) is 0 Å². The number of aromatic nitrogens is 2. The number of hydrogen-bond donors (Lipinski definition) is 0. The molecule has 10 heteroatoms. The van der Waals surface area contributed by atoms with E-state index in [1.807, 2.05) is 0 Å². The lowest BCUT2D eigenvalue weighted by molar-refractivity contribution is -0.0436. The van der Waals surface area contributed by atoms with Gasteiger partial charge in [0.15, 0.2) is 0 Å². The van der Waals surface area contributed by atoms with Gasteiger partial charge in [0.25, 0.3) is 15.4 Å². The lowest BCUT2D eigenvalue weighted by Crippen LogP contribution is -2.32. The molecule has 1 aromatic heterocycles. The van der Waals surface area contributed by atoms with E-state index in [-0.39, 0.29) is 17.0 Å². The molecule has 0 saturated heterocycles. The van der Waals surface area contributed by atoms with Crippen LogP contribution in [0, 0.1) is 0 Å². The first-order valence-electron chi connectivity index (χ1n) is 7.33. The molecule has 0 N–H and O–H groups in total. The normalized spacial score (nSPS) is 16.4. The summed E-state index contributed by atoms with van der Waals surface area (Å²) in [6.07, 6.45) is 3.99. The molecule has 2 aromatic rings. The largest absolute Gasteiger partial charge is 0.501 e. The Morgan fingerprint density at radius 2 is 1.88 bits per heavy atom. The van der Waals surface area contributed by atoms with Gasteiger partial charge in [0.1, 0.15) is 17.7 Å². The van der Waals surface area contributed by atoms with Crippen LogP contribution in [-0.2, 0) is 9.84 Å². The van der Waals surface area contributed by atoms with Crippen molar-refractivity contribution in [2.45, 2.75) is 29.9 Å². The van der Waals surface area contributed by atoms with Gasteiger partial charge in [-0.05, 0) is 38.1 Å². The summed E-state index contributed by atoms with van der Waals surface area (Å²) in [4.78, 5) is 15.0. The maximum Gasteiger partial charge on any atom is 0.501 e. The number of nitrogens with zero attached hydrogens (tertiary/aromatic N) is 2. The number of sulfone groups is 1. The number of fused-ring (bicyclic) bond motifs is 1. The highest BCUT2D eigenvalue weighted by Gasteiger charge is 2.47. The summed E-state index contributed by atoms with van der Waals surface area (Å²) < 4.78 is 68.8. The van der Waals surface area contributed by atoms with Gasteiger partial charge in [0.2, 0.25) is 0 Å². The van der Waals surface area contributed by atoms with Crippen molar-refractivity contribution in [3.63, 3.8) is 0 Å². The highest BCUT2D eigenvalue weighted by molar-refractivity contribution is 7.92. The second kappa shape index (κ2) is 5.70. The average Bonchev–Trinajstić information content (AvgIpc) is 2.52. The Labute approximate surface area is 146 Å². The maximum absolute atomic E-state index is 12.9. The summed E-state index contributed by atoms with van der Waals surface area (Å²) in [5.41, 5.74) is -6.55. The number of benzene rings is 1. The van der Waals surface area contributed by atoms with E-state index in [2.05, 4.69) is 4.98 Å². The van der Waals surface area contributed by atoms with Crippen LogP contribution < -0.4 is 10.3 Å². The number of ether oxygens (including phenoxy) is 1. The van der Waals surface area contributed by atoms with Gasteiger partial charge in [-0.25, -0.2) is 13.4 Å². The molecular formula is C16H13F3N2O4S. The van der Waals surface area contributed by atoms with E-state index in [9.17, 15) is 26.4 Å². The number of hydrogen-bond acceptors (Lipinski definition) is 5. The second-order valence-electron chi connectivity index (χ2n) is 6.13. The number of rotatable bonds is 2. The number of alkyl halides is 3. The maximum atomic E-state index is 12.9. The predicted octanol–water partition coefficient (Wildman–Crippen LogP) is 2.60. The third kappa shape index (κ3) is 3.00. The molecule has 2 heterocycles. The highest BCUT2D eigenvalue weighted by Crippen LogP contribution is 2.39. The fraction of sp³-hybridized carbons (Fsp3) is 0.250. The van der Waals surface area contributed by atoms with Crippen molar-refractivity contribution in [1.82, 2.24) is 9.55 Å². The molecule has 0 spiro atoms. The van der Waals surface area contributed by atoms with Crippen molar-refractivity contribution < 1.29 is 26.3 Å². The molecule has 0 radical (unpaired) electrons. The minimum Gasteiger partial charge on any atom is -0.483 e. The van der Waals surface area contributed by atoms with Gasteiger partial charge in [-0.15, -0.1) is 0 Å². The fourth-order valence-corrected chi connectivity index (χ4v) is 3.34. The van der Waals surface area contributed by atoms with Gasteiger partial charge in [-0.1, -0.05) is 0 Å². The average molecular weight is 386 g/mol. The van der Waals surface area contributed by atoms with Crippen LogP contribution in [0.15, 0.2) is 52.6 Å². The summed E-state index contributed by atoms with van der Waals surface area (Å²) in [5.74, 6) is 0.157. The van der Waals surface area contributed by atoms with Crippen LogP contribution in [-0.4, -0.2) is 29.1 Å². The molecule has 1 aromatic carbocycles. The third-order valence-corrected chi connectivity index (χ3v) is 5.17. The van der Waals surface area contributed by atoms with Gasteiger partial charge < -0.3 is 4.74 Å². The molecule has 0 atom stereocenters. The molecule has 26 heavy (non-hydrogen) atoms. The molecule has 0 fully saturated rings. The standard InChI is InChI=1S/C16H13F3N2O4S/c1-15(2)8-12(21-9-20-6-5-14(21)22)11-7-10(3-4-13(11)25-15)26(23,24)16(17,18)19/h3-9H,1-2H3. The third-order valence-electron chi connectivity index (χ3n) is 3.68.